The Morgan fingerprint density at radius 1 is 0.919 bits per heavy atom. The van der Waals surface area contributed by atoms with Gasteiger partial charge in [0.1, 0.15) is 10.6 Å². The monoisotopic (exact) mass is 540 g/mol. The maximum Gasteiger partial charge on any atom is 0.355 e. The molecular weight excluding hydrogens is 504 g/mol. The van der Waals surface area contributed by atoms with Crippen LogP contribution in [0.2, 0.25) is 5.02 Å². The van der Waals surface area contributed by atoms with Gasteiger partial charge in [0.05, 0.1) is 11.2 Å². The Hall–Kier alpha value is -2.70. The Bertz CT molecular complexity index is 1170. The van der Waals surface area contributed by atoms with E-state index in [1.807, 2.05) is 30.3 Å². The quantitative estimate of drug-likeness (QED) is 0.0648. The molecule has 0 fully saturated rings. The van der Waals surface area contributed by atoms with Crippen LogP contribution in [0.5, 0.6) is 5.75 Å². The molecule has 0 radical (unpaired) electrons. The zero-order valence-electron chi connectivity index (χ0n) is 21.6. The van der Waals surface area contributed by atoms with Gasteiger partial charge in [-0.3, -0.25) is 4.79 Å². The molecule has 0 saturated heterocycles. The van der Waals surface area contributed by atoms with Crippen LogP contribution in [0.4, 0.5) is 0 Å². The minimum atomic E-state index is -0.499. The minimum absolute atomic E-state index is 0.0887. The van der Waals surface area contributed by atoms with E-state index in [0.717, 1.165) is 22.9 Å². The number of fused-ring (bicyclic) bond motifs is 1. The first-order chi connectivity index (χ1) is 18.1. The number of ether oxygens (including phenoxy) is 1. The Kier molecular flexibility index (Phi) is 12.6. The molecule has 0 aliphatic heterocycles. The van der Waals surface area contributed by atoms with Crippen LogP contribution in [0.3, 0.4) is 0 Å². The predicted molar refractivity (Wildman–Crippen MR) is 155 cm³/mol. The fourth-order valence-corrected chi connectivity index (χ4v) is 5.53. The van der Waals surface area contributed by atoms with Crippen LogP contribution in [0.15, 0.2) is 53.6 Å². The van der Waals surface area contributed by atoms with Crippen LogP contribution in [0.25, 0.3) is 10.1 Å². The number of hydrogen-bond acceptors (Lipinski definition) is 5. The standard InChI is InChI=1S/C30H37ClN2O3S/c1-2-3-4-5-6-7-8-9-10-11-12-20-27(34)33-32-22-23-16-15-17-24(21-23)36-30(35)29-28(31)25-18-13-14-19-26(25)37-29/h13-19,21-22H,2-12,20H2,1H3,(H,33,34)/b32-22+. The molecule has 3 rings (SSSR count). The average molecular weight is 541 g/mol. The van der Waals surface area contributed by atoms with Crippen molar-refractivity contribution in [1.29, 1.82) is 0 Å². The van der Waals surface area contributed by atoms with E-state index in [0.29, 0.717) is 27.6 Å². The maximum absolute atomic E-state index is 12.7. The van der Waals surface area contributed by atoms with Crippen molar-refractivity contribution in [1.82, 2.24) is 5.43 Å². The Morgan fingerprint density at radius 2 is 1.59 bits per heavy atom. The van der Waals surface area contributed by atoms with Gasteiger partial charge in [0.15, 0.2) is 0 Å². The average Bonchev–Trinajstić information content (AvgIpc) is 3.24. The van der Waals surface area contributed by atoms with Gasteiger partial charge in [0, 0.05) is 16.5 Å². The Labute approximate surface area is 229 Å². The van der Waals surface area contributed by atoms with Gasteiger partial charge in [-0.15, -0.1) is 11.3 Å². The number of hydrogen-bond donors (Lipinski definition) is 1. The number of amides is 1. The molecule has 0 atom stereocenters. The Balaban J connectivity index is 1.34. The van der Waals surface area contributed by atoms with Crippen molar-refractivity contribution < 1.29 is 14.3 Å². The van der Waals surface area contributed by atoms with E-state index in [1.54, 1.807) is 24.4 Å². The molecule has 198 valence electrons. The van der Waals surface area contributed by atoms with Crippen LogP contribution < -0.4 is 10.2 Å². The van der Waals surface area contributed by atoms with Gasteiger partial charge in [-0.05, 0) is 30.2 Å². The van der Waals surface area contributed by atoms with Gasteiger partial charge in [0.2, 0.25) is 5.91 Å². The number of unbranched alkanes of at least 4 members (excludes halogenated alkanes) is 10. The highest BCUT2D eigenvalue weighted by atomic mass is 35.5. The number of benzene rings is 2. The second-order valence-corrected chi connectivity index (χ2v) is 10.7. The predicted octanol–water partition coefficient (Wildman–Crippen LogP) is 8.93. The molecule has 0 unspecified atom stereocenters. The van der Waals surface area contributed by atoms with Gasteiger partial charge in [0.25, 0.3) is 0 Å². The number of rotatable bonds is 16. The highest BCUT2D eigenvalue weighted by Gasteiger charge is 2.19. The molecule has 0 saturated carbocycles. The molecule has 1 N–H and O–H groups in total. The lowest BCUT2D eigenvalue weighted by atomic mass is 10.1. The lowest BCUT2D eigenvalue weighted by molar-refractivity contribution is -0.121. The smallest absolute Gasteiger partial charge is 0.355 e. The molecule has 0 aliphatic rings. The van der Waals surface area contributed by atoms with Crippen molar-refractivity contribution in [2.75, 3.05) is 0 Å². The second-order valence-electron chi connectivity index (χ2n) is 9.28. The summed E-state index contributed by atoms with van der Waals surface area (Å²) in [5, 5.41) is 5.29. The van der Waals surface area contributed by atoms with Gasteiger partial charge < -0.3 is 4.74 Å². The molecule has 3 aromatic rings. The first-order valence-corrected chi connectivity index (χ1v) is 14.6. The summed E-state index contributed by atoms with van der Waals surface area (Å²) < 4.78 is 6.47. The number of nitrogens with zero attached hydrogens (tertiary/aromatic N) is 1. The number of carbonyl (C=O) groups is 2. The van der Waals surface area contributed by atoms with Crippen molar-refractivity contribution in [2.24, 2.45) is 5.10 Å². The van der Waals surface area contributed by atoms with Crippen LogP contribution >= 0.6 is 22.9 Å². The summed E-state index contributed by atoms with van der Waals surface area (Å²) in [6.07, 6.45) is 15.8. The number of carbonyl (C=O) groups excluding carboxylic acids is 2. The molecule has 37 heavy (non-hydrogen) atoms. The summed E-state index contributed by atoms with van der Waals surface area (Å²) in [7, 11) is 0. The number of nitrogens with one attached hydrogen (secondary N) is 1. The van der Waals surface area contributed by atoms with Crippen molar-refractivity contribution in [3.8, 4) is 5.75 Å². The zero-order chi connectivity index (χ0) is 26.3. The third-order valence-corrected chi connectivity index (χ3v) is 7.85. The number of esters is 1. The van der Waals surface area contributed by atoms with Gasteiger partial charge in [-0.25, -0.2) is 10.2 Å². The van der Waals surface area contributed by atoms with E-state index in [-0.39, 0.29) is 5.91 Å². The molecule has 1 aromatic heterocycles. The SMILES string of the molecule is CCCCCCCCCCCCCC(=O)N/N=C/c1cccc(OC(=O)c2sc3ccccc3c2Cl)c1. The highest BCUT2D eigenvalue weighted by Crippen LogP contribution is 2.35. The first kappa shape index (κ1) is 28.9. The second kappa shape index (κ2) is 16.2. The van der Waals surface area contributed by atoms with E-state index in [9.17, 15) is 9.59 Å². The minimum Gasteiger partial charge on any atom is -0.422 e. The lowest BCUT2D eigenvalue weighted by Crippen LogP contribution is -2.16. The lowest BCUT2D eigenvalue weighted by Gasteiger charge is -2.04. The fourth-order valence-electron chi connectivity index (χ4n) is 4.14. The van der Waals surface area contributed by atoms with Crippen molar-refractivity contribution >= 4 is 51.1 Å². The van der Waals surface area contributed by atoms with Crippen molar-refractivity contribution in [3.05, 3.63) is 64.0 Å². The van der Waals surface area contributed by atoms with Gasteiger partial charge >= 0.3 is 5.97 Å². The largest absolute Gasteiger partial charge is 0.422 e. The molecule has 1 amide bonds. The number of thiophene rings is 1. The molecule has 7 heteroatoms. The summed E-state index contributed by atoms with van der Waals surface area (Å²) in [5.41, 5.74) is 3.29. The summed E-state index contributed by atoms with van der Waals surface area (Å²) in [5.74, 6) is -0.204. The molecular formula is C30H37ClN2O3S. The molecule has 0 aliphatic carbocycles. The molecule has 2 aromatic carbocycles. The van der Waals surface area contributed by atoms with E-state index < -0.39 is 5.97 Å². The third-order valence-electron chi connectivity index (χ3n) is 6.20. The fraction of sp³-hybridized carbons (Fsp3) is 0.433. The van der Waals surface area contributed by atoms with E-state index in [1.165, 1.54) is 69.1 Å². The number of halogens is 1. The van der Waals surface area contributed by atoms with Crippen molar-refractivity contribution in [2.45, 2.75) is 84.0 Å². The van der Waals surface area contributed by atoms with Crippen LogP contribution in [0, 0.1) is 0 Å². The first-order valence-electron chi connectivity index (χ1n) is 13.4. The summed E-state index contributed by atoms with van der Waals surface area (Å²) >= 11 is 7.70. The van der Waals surface area contributed by atoms with Crippen LogP contribution in [0.1, 0.15) is 99.2 Å². The number of hydrazone groups is 1. The van der Waals surface area contributed by atoms with Crippen LogP contribution in [-0.4, -0.2) is 18.1 Å². The van der Waals surface area contributed by atoms with Crippen molar-refractivity contribution in [3.63, 3.8) is 0 Å². The molecule has 1 heterocycles. The van der Waals surface area contributed by atoms with Crippen LogP contribution in [-0.2, 0) is 4.79 Å². The van der Waals surface area contributed by atoms with E-state index in [4.69, 9.17) is 16.3 Å². The Morgan fingerprint density at radius 3 is 2.30 bits per heavy atom. The highest BCUT2D eigenvalue weighted by molar-refractivity contribution is 7.21. The summed E-state index contributed by atoms with van der Waals surface area (Å²) in [4.78, 5) is 25.1. The molecule has 5 nitrogen and oxygen atoms in total. The third kappa shape index (κ3) is 9.94. The van der Waals surface area contributed by atoms with Gasteiger partial charge in [-0.2, -0.15) is 5.10 Å². The van der Waals surface area contributed by atoms with E-state index in [2.05, 4.69) is 17.5 Å². The topological polar surface area (TPSA) is 67.8 Å². The van der Waals surface area contributed by atoms with E-state index >= 15 is 0 Å². The molecule has 0 spiro atoms. The van der Waals surface area contributed by atoms with Gasteiger partial charge in [-0.1, -0.05) is 113 Å². The summed E-state index contributed by atoms with van der Waals surface area (Å²) in [6, 6.07) is 14.6. The normalized spacial score (nSPS) is 11.3. The zero-order valence-corrected chi connectivity index (χ0v) is 23.2. The molecule has 0 bridgehead atoms. The summed E-state index contributed by atoms with van der Waals surface area (Å²) in [6.45, 7) is 2.25. The maximum atomic E-state index is 12.7.